The fraction of sp³-hybridized carbons (Fsp3) is 0.667. The van der Waals surface area contributed by atoms with Crippen LogP contribution in [0.1, 0.15) is 44.6 Å². The number of rotatable bonds is 6. The number of hydrogen-bond donors (Lipinski definition) is 1. The van der Waals surface area contributed by atoms with Gasteiger partial charge in [0.2, 0.25) is 0 Å². The van der Waals surface area contributed by atoms with Crippen LogP contribution in [0.25, 0.3) is 0 Å². The normalized spacial score (nSPS) is 19.3. The van der Waals surface area contributed by atoms with Crippen molar-refractivity contribution in [3.63, 3.8) is 0 Å². The van der Waals surface area contributed by atoms with Crippen molar-refractivity contribution in [2.45, 2.75) is 45.4 Å². The molecule has 0 unspecified atom stereocenters. The zero-order valence-electron chi connectivity index (χ0n) is 16.0. The van der Waals surface area contributed by atoms with Crippen molar-refractivity contribution in [3.8, 4) is 5.75 Å². The predicted octanol–water partition coefficient (Wildman–Crippen LogP) is 3.62. The molecule has 0 aromatic heterocycles. The van der Waals surface area contributed by atoms with E-state index in [2.05, 4.69) is 24.4 Å². The van der Waals surface area contributed by atoms with Gasteiger partial charge in [-0.15, -0.1) is 0 Å². The van der Waals surface area contributed by atoms with Gasteiger partial charge in [-0.1, -0.05) is 19.1 Å². The lowest BCUT2D eigenvalue weighted by Gasteiger charge is -2.45. The predicted molar refractivity (Wildman–Crippen MR) is 103 cm³/mol. The Kier molecular flexibility index (Phi) is 6.78. The molecule has 0 saturated carbocycles. The van der Waals surface area contributed by atoms with Crippen LogP contribution in [0.5, 0.6) is 5.75 Å². The van der Waals surface area contributed by atoms with Crippen molar-refractivity contribution in [3.05, 3.63) is 29.8 Å². The molecule has 2 aliphatic heterocycles. The first-order chi connectivity index (χ1) is 12.7. The molecule has 0 aliphatic carbocycles. The number of carbonyl (C=O) groups is 1. The SMILES string of the molecule is CCCOc1cccc(CCNC(=O)N2CCCC3(CCOCC3)C2)c1. The van der Waals surface area contributed by atoms with E-state index >= 15 is 0 Å². The number of nitrogens with zero attached hydrogens (tertiary/aromatic N) is 1. The fourth-order valence-electron chi connectivity index (χ4n) is 4.03. The molecule has 0 radical (unpaired) electrons. The maximum Gasteiger partial charge on any atom is 0.317 e. The highest BCUT2D eigenvalue weighted by Gasteiger charge is 2.38. The Bertz CT molecular complexity index is 579. The summed E-state index contributed by atoms with van der Waals surface area (Å²) in [6, 6.07) is 8.23. The first-order valence-corrected chi connectivity index (χ1v) is 10.0. The van der Waals surface area contributed by atoms with Crippen LogP contribution in [-0.2, 0) is 11.2 Å². The Balaban J connectivity index is 1.45. The van der Waals surface area contributed by atoms with E-state index in [0.29, 0.717) is 12.0 Å². The standard InChI is InChI=1S/C21H32N2O3/c1-2-13-26-19-6-3-5-18(16-19)7-11-22-20(24)23-12-4-8-21(17-23)9-14-25-15-10-21/h3,5-6,16H,2,4,7-15,17H2,1H3,(H,22,24). The van der Waals surface area contributed by atoms with Crippen LogP contribution in [0.2, 0.25) is 0 Å². The minimum atomic E-state index is 0.0777. The van der Waals surface area contributed by atoms with Crippen LogP contribution < -0.4 is 10.1 Å². The van der Waals surface area contributed by atoms with Gasteiger partial charge < -0.3 is 19.7 Å². The van der Waals surface area contributed by atoms with E-state index in [-0.39, 0.29) is 6.03 Å². The summed E-state index contributed by atoms with van der Waals surface area (Å²) < 4.78 is 11.2. The van der Waals surface area contributed by atoms with Crippen LogP contribution in [0, 0.1) is 5.41 Å². The topological polar surface area (TPSA) is 50.8 Å². The number of benzene rings is 1. The zero-order chi connectivity index (χ0) is 18.2. The highest BCUT2D eigenvalue weighted by atomic mass is 16.5. The molecule has 5 nitrogen and oxygen atoms in total. The van der Waals surface area contributed by atoms with Crippen molar-refractivity contribution in [2.24, 2.45) is 5.41 Å². The molecule has 5 heteroatoms. The molecule has 2 aliphatic rings. The summed E-state index contributed by atoms with van der Waals surface area (Å²) in [5.74, 6) is 0.910. The Morgan fingerprint density at radius 2 is 2.15 bits per heavy atom. The molecule has 2 heterocycles. The number of amides is 2. The van der Waals surface area contributed by atoms with E-state index in [4.69, 9.17) is 9.47 Å². The number of nitrogens with one attached hydrogen (secondary N) is 1. The molecular weight excluding hydrogens is 328 g/mol. The fourth-order valence-corrected chi connectivity index (χ4v) is 4.03. The summed E-state index contributed by atoms with van der Waals surface area (Å²) in [5.41, 5.74) is 1.48. The molecule has 2 fully saturated rings. The van der Waals surface area contributed by atoms with Crippen LogP contribution >= 0.6 is 0 Å². The van der Waals surface area contributed by atoms with Crippen molar-refractivity contribution in [2.75, 3.05) is 39.5 Å². The average Bonchev–Trinajstić information content (AvgIpc) is 2.67. The molecule has 0 bridgehead atoms. The highest BCUT2D eigenvalue weighted by molar-refractivity contribution is 5.74. The largest absolute Gasteiger partial charge is 0.494 e. The van der Waals surface area contributed by atoms with Gasteiger partial charge in [-0.05, 0) is 61.6 Å². The van der Waals surface area contributed by atoms with E-state index < -0.39 is 0 Å². The number of likely N-dealkylation sites (tertiary alicyclic amines) is 1. The number of carbonyl (C=O) groups excluding carboxylic acids is 1. The van der Waals surface area contributed by atoms with Crippen LogP contribution in [0.15, 0.2) is 24.3 Å². The second-order valence-electron chi connectivity index (χ2n) is 7.62. The molecule has 3 rings (SSSR count). The first kappa shape index (κ1) is 19.0. The molecule has 1 aromatic rings. The van der Waals surface area contributed by atoms with Gasteiger partial charge >= 0.3 is 6.03 Å². The van der Waals surface area contributed by atoms with Crippen molar-refractivity contribution in [1.29, 1.82) is 0 Å². The van der Waals surface area contributed by atoms with Gasteiger partial charge in [0.1, 0.15) is 5.75 Å². The average molecular weight is 360 g/mol. The molecule has 144 valence electrons. The molecule has 1 spiro atoms. The quantitative estimate of drug-likeness (QED) is 0.843. The molecule has 0 atom stereocenters. The van der Waals surface area contributed by atoms with Crippen molar-refractivity contribution in [1.82, 2.24) is 10.2 Å². The van der Waals surface area contributed by atoms with Gasteiger partial charge in [-0.3, -0.25) is 0 Å². The van der Waals surface area contributed by atoms with Gasteiger partial charge in [0.15, 0.2) is 0 Å². The third kappa shape index (κ3) is 5.13. The Hall–Kier alpha value is -1.75. The van der Waals surface area contributed by atoms with Crippen LogP contribution in [0.3, 0.4) is 0 Å². The Morgan fingerprint density at radius 1 is 1.31 bits per heavy atom. The Labute approximate surface area is 157 Å². The molecule has 1 N–H and O–H groups in total. The molecule has 1 aromatic carbocycles. The van der Waals surface area contributed by atoms with Crippen molar-refractivity contribution >= 4 is 6.03 Å². The summed E-state index contributed by atoms with van der Waals surface area (Å²) >= 11 is 0. The molecule has 26 heavy (non-hydrogen) atoms. The number of urea groups is 1. The lowest BCUT2D eigenvalue weighted by Crippen LogP contribution is -2.51. The van der Waals surface area contributed by atoms with Gasteiger partial charge in [0.05, 0.1) is 6.61 Å². The summed E-state index contributed by atoms with van der Waals surface area (Å²) in [6.45, 7) is 6.92. The minimum Gasteiger partial charge on any atom is -0.494 e. The molecule has 2 amide bonds. The monoisotopic (exact) mass is 360 g/mol. The third-order valence-corrected chi connectivity index (χ3v) is 5.56. The van der Waals surface area contributed by atoms with E-state index in [9.17, 15) is 4.79 Å². The second-order valence-corrected chi connectivity index (χ2v) is 7.62. The highest BCUT2D eigenvalue weighted by Crippen LogP contribution is 2.39. The van der Waals surface area contributed by atoms with Gasteiger partial charge in [-0.25, -0.2) is 4.79 Å². The summed E-state index contributed by atoms with van der Waals surface area (Å²) in [4.78, 5) is 14.6. The van der Waals surface area contributed by atoms with Gasteiger partial charge in [-0.2, -0.15) is 0 Å². The number of ether oxygens (including phenoxy) is 2. The zero-order valence-corrected chi connectivity index (χ0v) is 16.0. The lowest BCUT2D eigenvalue weighted by atomic mass is 9.74. The Morgan fingerprint density at radius 3 is 2.96 bits per heavy atom. The minimum absolute atomic E-state index is 0.0777. The second kappa shape index (κ2) is 9.26. The maximum absolute atomic E-state index is 12.6. The molecular formula is C21H32N2O3. The summed E-state index contributed by atoms with van der Waals surface area (Å²) in [7, 11) is 0. The van der Waals surface area contributed by atoms with Gasteiger partial charge in [0.25, 0.3) is 0 Å². The van der Waals surface area contributed by atoms with E-state index in [1.165, 1.54) is 12.0 Å². The van der Waals surface area contributed by atoms with Gasteiger partial charge in [0, 0.05) is 32.8 Å². The van der Waals surface area contributed by atoms with E-state index in [1.807, 2.05) is 17.0 Å². The number of hydrogen-bond acceptors (Lipinski definition) is 3. The van der Waals surface area contributed by atoms with Crippen molar-refractivity contribution < 1.29 is 14.3 Å². The van der Waals surface area contributed by atoms with Crippen LogP contribution in [0.4, 0.5) is 4.79 Å². The number of piperidine rings is 1. The maximum atomic E-state index is 12.6. The smallest absolute Gasteiger partial charge is 0.317 e. The third-order valence-electron chi connectivity index (χ3n) is 5.56. The molecule has 2 saturated heterocycles. The van der Waals surface area contributed by atoms with E-state index in [0.717, 1.165) is 70.8 Å². The summed E-state index contributed by atoms with van der Waals surface area (Å²) in [6.07, 6.45) is 6.32. The lowest BCUT2D eigenvalue weighted by molar-refractivity contribution is -0.0185. The first-order valence-electron chi connectivity index (χ1n) is 10.0. The summed E-state index contributed by atoms with van der Waals surface area (Å²) in [5, 5.41) is 3.10. The van der Waals surface area contributed by atoms with E-state index in [1.54, 1.807) is 0 Å². The van der Waals surface area contributed by atoms with Crippen LogP contribution in [-0.4, -0.2) is 50.4 Å².